The first-order valence-electron chi connectivity index (χ1n) is 5.41. The molecule has 0 fully saturated rings. The lowest BCUT2D eigenvalue weighted by atomic mass is 10.2. The first-order valence-corrected chi connectivity index (χ1v) is 5.41. The van der Waals surface area contributed by atoms with E-state index in [-0.39, 0.29) is 0 Å². The van der Waals surface area contributed by atoms with Crippen molar-refractivity contribution in [2.45, 2.75) is 0 Å². The molecule has 0 N–H and O–H groups in total. The van der Waals surface area contributed by atoms with Crippen LogP contribution in [-0.4, -0.2) is 35.8 Å². The fourth-order valence-electron chi connectivity index (χ4n) is 1.36. The Morgan fingerprint density at radius 3 is 2.00 bits per heavy atom. The second-order valence-corrected chi connectivity index (χ2v) is 3.68. The van der Waals surface area contributed by atoms with Crippen LogP contribution in [0.4, 0.5) is 0 Å². The molecule has 0 spiro atoms. The van der Waals surface area contributed by atoms with Crippen LogP contribution < -0.4 is 10.2 Å². The highest BCUT2D eigenvalue weighted by atomic mass is 16.4. The maximum Gasteiger partial charge on any atom is 0.247 e. The average Bonchev–Trinajstić information content (AvgIpc) is 2.35. The molecule has 0 heterocycles. The lowest BCUT2D eigenvalue weighted by molar-refractivity contribution is -0.309. The first-order chi connectivity index (χ1) is 8.99. The van der Waals surface area contributed by atoms with Crippen LogP contribution in [-0.2, 0) is 14.4 Å². The Morgan fingerprint density at radius 1 is 1.00 bits per heavy atom. The predicted octanol–water partition coefficient (Wildman–Crippen LogP) is -1.97. The summed E-state index contributed by atoms with van der Waals surface area (Å²) >= 11 is 0. The second kappa shape index (κ2) is 6.95. The molecule has 1 amide bonds. The highest BCUT2D eigenvalue weighted by Crippen LogP contribution is 2.02. The number of carbonyl (C=O) groups is 3. The average molecular weight is 261 g/mol. The van der Waals surface area contributed by atoms with Gasteiger partial charge in [0.15, 0.2) is 0 Å². The van der Waals surface area contributed by atoms with E-state index in [0.717, 1.165) is 11.6 Å². The van der Waals surface area contributed by atoms with Crippen LogP contribution >= 0.6 is 0 Å². The van der Waals surface area contributed by atoms with Gasteiger partial charge in [0, 0.05) is 6.08 Å². The van der Waals surface area contributed by atoms with Crippen molar-refractivity contribution in [2.75, 3.05) is 13.1 Å². The molecule has 0 atom stereocenters. The van der Waals surface area contributed by atoms with E-state index >= 15 is 0 Å². The van der Waals surface area contributed by atoms with Crippen LogP contribution in [0.3, 0.4) is 0 Å². The van der Waals surface area contributed by atoms with Gasteiger partial charge < -0.3 is 24.7 Å². The molecule has 0 saturated heterocycles. The van der Waals surface area contributed by atoms with E-state index in [4.69, 9.17) is 0 Å². The molecule has 0 radical (unpaired) electrons. The van der Waals surface area contributed by atoms with Crippen LogP contribution in [0, 0.1) is 0 Å². The van der Waals surface area contributed by atoms with Crippen molar-refractivity contribution >= 4 is 23.9 Å². The first kappa shape index (κ1) is 14.4. The fourth-order valence-corrected chi connectivity index (χ4v) is 1.36. The summed E-state index contributed by atoms with van der Waals surface area (Å²) in [5.74, 6) is -3.82. The van der Waals surface area contributed by atoms with Crippen molar-refractivity contribution in [1.29, 1.82) is 0 Å². The second-order valence-electron chi connectivity index (χ2n) is 3.68. The monoisotopic (exact) mass is 261 g/mol. The van der Waals surface area contributed by atoms with E-state index in [1.807, 2.05) is 0 Å². The van der Waals surface area contributed by atoms with Gasteiger partial charge in [0.05, 0.1) is 25.0 Å². The molecule has 6 nitrogen and oxygen atoms in total. The molecular formula is C13H11NO5-2. The molecule has 0 unspecified atom stereocenters. The summed E-state index contributed by atoms with van der Waals surface area (Å²) in [6.45, 7) is -1.60. The number of carbonyl (C=O) groups excluding carboxylic acids is 3. The quantitative estimate of drug-likeness (QED) is 0.553. The van der Waals surface area contributed by atoms with E-state index in [2.05, 4.69) is 0 Å². The molecule has 1 aromatic carbocycles. The van der Waals surface area contributed by atoms with Crippen molar-refractivity contribution in [2.24, 2.45) is 0 Å². The summed E-state index contributed by atoms with van der Waals surface area (Å²) in [5.41, 5.74) is 0.734. The van der Waals surface area contributed by atoms with E-state index < -0.39 is 30.9 Å². The van der Waals surface area contributed by atoms with Gasteiger partial charge in [0.1, 0.15) is 0 Å². The number of nitrogens with zero attached hydrogens (tertiary/aromatic N) is 1. The van der Waals surface area contributed by atoms with Crippen LogP contribution in [0.15, 0.2) is 36.4 Å². The maximum atomic E-state index is 11.6. The zero-order valence-electron chi connectivity index (χ0n) is 9.94. The highest BCUT2D eigenvalue weighted by Gasteiger charge is 2.10. The van der Waals surface area contributed by atoms with Gasteiger partial charge in [0.25, 0.3) is 0 Å². The third-order valence-electron chi connectivity index (χ3n) is 2.17. The Kier molecular flexibility index (Phi) is 5.28. The van der Waals surface area contributed by atoms with Gasteiger partial charge in [-0.05, 0) is 11.6 Å². The van der Waals surface area contributed by atoms with Crippen LogP contribution in [0.2, 0.25) is 0 Å². The van der Waals surface area contributed by atoms with Gasteiger partial charge in [-0.2, -0.15) is 0 Å². The Morgan fingerprint density at radius 2 is 1.53 bits per heavy atom. The number of amides is 1. The largest absolute Gasteiger partial charge is 0.548 e. The molecule has 0 aliphatic carbocycles. The molecule has 1 aromatic rings. The molecule has 0 saturated carbocycles. The van der Waals surface area contributed by atoms with Crippen molar-refractivity contribution in [3.8, 4) is 0 Å². The Balaban J connectivity index is 2.73. The zero-order chi connectivity index (χ0) is 14.3. The summed E-state index contributed by atoms with van der Waals surface area (Å²) in [5, 5.41) is 20.9. The normalized spacial score (nSPS) is 10.3. The minimum absolute atomic E-state index is 0.615. The van der Waals surface area contributed by atoms with Crippen molar-refractivity contribution in [1.82, 2.24) is 4.90 Å². The minimum Gasteiger partial charge on any atom is -0.548 e. The molecular weight excluding hydrogens is 250 g/mol. The summed E-state index contributed by atoms with van der Waals surface area (Å²) in [4.78, 5) is 33.1. The third-order valence-corrected chi connectivity index (χ3v) is 2.17. The minimum atomic E-state index is -1.54. The lowest BCUT2D eigenvalue weighted by Crippen LogP contribution is -2.46. The number of aliphatic carboxylic acids is 2. The summed E-state index contributed by atoms with van der Waals surface area (Å²) in [6.07, 6.45) is 2.56. The number of carboxylic acids is 2. The standard InChI is InChI=1S/C13H13NO5/c15-11(7-6-10-4-2-1-3-5-10)14(8-12(16)17)9-13(18)19/h1-7H,8-9H2,(H,16,17)(H,18,19)/p-2/b7-6+. The molecule has 100 valence electrons. The molecule has 0 aliphatic rings. The predicted molar refractivity (Wildman–Crippen MR) is 62.1 cm³/mol. The Hall–Kier alpha value is -2.63. The number of carboxylic acid groups (broad SMARTS) is 2. The van der Waals surface area contributed by atoms with Crippen molar-refractivity contribution < 1.29 is 24.6 Å². The number of hydrogen-bond acceptors (Lipinski definition) is 5. The Bertz CT molecular complexity index is 479. The fraction of sp³-hybridized carbons (Fsp3) is 0.154. The van der Waals surface area contributed by atoms with E-state index in [0.29, 0.717) is 4.90 Å². The molecule has 0 aromatic heterocycles. The summed E-state index contributed by atoms with van der Waals surface area (Å²) < 4.78 is 0. The lowest BCUT2D eigenvalue weighted by Gasteiger charge is -2.21. The van der Waals surface area contributed by atoms with Gasteiger partial charge in [-0.15, -0.1) is 0 Å². The van der Waals surface area contributed by atoms with Gasteiger partial charge in [0.2, 0.25) is 5.91 Å². The smallest absolute Gasteiger partial charge is 0.247 e. The molecule has 0 aliphatic heterocycles. The van der Waals surface area contributed by atoms with E-state index in [1.54, 1.807) is 30.3 Å². The highest BCUT2D eigenvalue weighted by molar-refractivity contribution is 5.95. The molecule has 0 bridgehead atoms. The van der Waals surface area contributed by atoms with Crippen molar-refractivity contribution in [3.05, 3.63) is 42.0 Å². The third kappa shape index (κ3) is 5.49. The maximum absolute atomic E-state index is 11.6. The van der Waals surface area contributed by atoms with Crippen LogP contribution in [0.25, 0.3) is 6.08 Å². The number of rotatable bonds is 6. The summed E-state index contributed by atoms with van der Waals surface area (Å²) in [6, 6.07) is 8.82. The van der Waals surface area contributed by atoms with Crippen molar-refractivity contribution in [3.63, 3.8) is 0 Å². The van der Waals surface area contributed by atoms with Gasteiger partial charge in [-0.1, -0.05) is 30.3 Å². The van der Waals surface area contributed by atoms with Gasteiger partial charge in [-0.3, -0.25) is 4.79 Å². The zero-order valence-corrected chi connectivity index (χ0v) is 9.94. The van der Waals surface area contributed by atoms with E-state index in [1.165, 1.54) is 6.08 Å². The van der Waals surface area contributed by atoms with Gasteiger partial charge in [-0.25, -0.2) is 0 Å². The topological polar surface area (TPSA) is 101 Å². The Labute approximate surface area is 109 Å². The number of hydrogen-bond donors (Lipinski definition) is 0. The SMILES string of the molecule is O=C([O-])CN(CC(=O)[O-])C(=O)/C=C/c1ccccc1. The molecule has 1 rings (SSSR count). The van der Waals surface area contributed by atoms with Crippen LogP contribution in [0.5, 0.6) is 0 Å². The van der Waals surface area contributed by atoms with Crippen LogP contribution in [0.1, 0.15) is 5.56 Å². The molecule has 19 heavy (non-hydrogen) atoms. The number of benzene rings is 1. The van der Waals surface area contributed by atoms with E-state index in [9.17, 15) is 24.6 Å². The summed E-state index contributed by atoms with van der Waals surface area (Å²) in [7, 11) is 0. The van der Waals surface area contributed by atoms with Gasteiger partial charge >= 0.3 is 0 Å². The molecule has 6 heteroatoms.